The van der Waals surface area contributed by atoms with E-state index in [1.54, 1.807) is 23.1 Å². The number of rotatable bonds is 2. The molecule has 3 unspecified atom stereocenters. The molecule has 7 nitrogen and oxygen atoms in total. The highest BCUT2D eigenvalue weighted by molar-refractivity contribution is 6.03. The number of hydrogen-bond donors (Lipinski definition) is 2. The zero-order valence-electron chi connectivity index (χ0n) is 17.7. The van der Waals surface area contributed by atoms with Crippen molar-refractivity contribution in [2.24, 2.45) is 5.92 Å². The molecule has 2 aromatic rings. The summed E-state index contributed by atoms with van der Waals surface area (Å²) in [7, 11) is 0. The molecule has 3 aliphatic rings. The van der Waals surface area contributed by atoms with E-state index in [2.05, 4.69) is 5.32 Å². The number of fused-ring (bicyclic) bond motifs is 2. The van der Waals surface area contributed by atoms with Gasteiger partial charge >= 0.3 is 6.18 Å². The van der Waals surface area contributed by atoms with Crippen molar-refractivity contribution in [3.8, 4) is 0 Å². The number of quaternary nitrogens is 1. The van der Waals surface area contributed by atoms with Crippen LogP contribution in [0.1, 0.15) is 17.5 Å². The molecule has 0 spiro atoms. The summed E-state index contributed by atoms with van der Waals surface area (Å²) in [6.07, 6.45) is -3.81. The second kappa shape index (κ2) is 8.03. The predicted molar refractivity (Wildman–Crippen MR) is 115 cm³/mol. The number of alkyl halides is 3. The Hall–Kier alpha value is -3.11. The van der Waals surface area contributed by atoms with Crippen LogP contribution >= 0.6 is 0 Å². The molecular formula is C23H23F3N4O3. The SMILES string of the molecule is O=C1CN2c3c(cccc3[NH+]([O-])CC3CN(C(=O)Cc4ccc(C(F)(F)F)cc4)CCC32)N1. The predicted octanol–water partition coefficient (Wildman–Crippen LogP) is 1.95. The smallest absolute Gasteiger partial charge is 0.416 e. The first kappa shape index (κ1) is 21.7. The number of nitrogens with zero attached hydrogens (tertiary/aromatic N) is 2. The molecule has 3 atom stereocenters. The van der Waals surface area contributed by atoms with Crippen LogP contribution in [0.15, 0.2) is 42.5 Å². The zero-order chi connectivity index (χ0) is 23.3. The summed E-state index contributed by atoms with van der Waals surface area (Å²) < 4.78 is 38.3. The van der Waals surface area contributed by atoms with E-state index in [1.807, 2.05) is 4.90 Å². The number of benzene rings is 2. The van der Waals surface area contributed by atoms with Gasteiger partial charge in [-0.05, 0) is 30.2 Å². The van der Waals surface area contributed by atoms with E-state index in [0.29, 0.717) is 36.4 Å². The third-order valence-corrected chi connectivity index (χ3v) is 6.74. The van der Waals surface area contributed by atoms with E-state index in [-0.39, 0.29) is 48.3 Å². The van der Waals surface area contributed by atoms with Crippen molar-refractivity contribution in [1.29, 1.82) is 0 Å². The Labute approximate surface area is 188 Å². The van der Waals surface area contributed by atoms with Gasteiger partial charge in [-0.25, -0.2) is 0 Å². The molecule has 10 heteroatoms. The average Bonchev–Trinajstić information content (AvgIpc) is 2.88. The molecule has 5 rings (SSSR count). The molecule has 3 aliphatic heterocycles. The quantitative estimate of drug-likeness (QED) is 0.672. The summed E-state index contributed by atoms with van der Waals surface area (Å²) in [5.41, 5.74) is 1.75. The van der Waals surface area contributed by atoms with Gasteiger partial charge in [-0.3, -0.25) is 9.59 Å². The zero-order valence-corrected chi connectivity index (χ0v) is 17.7. The topological polar surface area (TPSA) is 80.2 Å². The van der Waals surface area contributed by atoms with Crippen LogP contribution in [-0.2, 0) is 22.2 Å². The number of carbonyl (C=O) groups is 2. The number of piperidine rings is 1. The summed E-state index contributed by atoms with van der Waals surface area (Å²) in [6.45, 7) is 1.27. The summed E-state index contributed by atoms with van der Waals surface area (Å²) in [4.78, 5) is 28.9. The molecule has 2 amide bonds. The first-order valence-corrected chi connectivity index (χ1v) is 10.9. The highest BCUT2D eigenvalue weighted by atomic mass is 19.4. The number of anilines is 2. The van der Waals surface area contributed by atoms with E-state index in [1.165, 1.54) is 12.1 Å². The molecule has 33 heavy (non-hydrogen) atoms. The van der Waals surface area contributed by atoms with E-state index >= 15 is 0 Å². The van der Waals surface area contributed by atoms with Gasteiger partial charge in [0.25, 0.3) is 0 Å². The van der Waals surface area contributed by atoms with Crippen LogP contribution in [0.25, 0.3) is 0 Å². The lowest BCUT2D eigenvalue weighted by molar-refractivity contribution is -0.779. The van der Waals surface area contributed by atoms with Gasteiger partial charge < -0.3 is 25.4 Å². The van der Waals surface area contributed by atoms with Gasteiger partial charge in [0.05, 0.1) is 30.8 Å². The van der Waals surface area contributed by atoms with Crippen molar-refractivity contribution in [3.63, 3.8) is 0 Å². The summed E-state index contributed by atoms with van der Waals surface area (Å²) in [6, 6.07) is 9.89. The van der Waals surface area contributed by atoms with E-state index in [9.17, 15) is 28.0 Å². The Bertz CT molecular complexity index is 1090. The van der Waals surface area contributed by atoms with Gasteiger partial charge in [-0.1, -0.05) is 18.2 Å². The van der Waals surface area contributed by atoms with Crippen LogP contribution in [0.4, 0.5) is 30.2 Å². The third kappa shape index (κ3) is 4.04. The lowest BCUT2D eigenvalue weighted by atomic mass is 9.90. The van der Waals surface area contributed by atoms with Crippen molar-refractivity contribution >= 4 is 28.9 Å². The molecule has 3 heterocycles. The number of hydroxylamine groups is 1. The molecule has 0 bridgehead atoms. The van der Waals surface area contributed by atoms with Gasteiger partial charge in [0.2, 0.25) is 11.8 Å². The molecule has 2 aromatic carbocycles. The molecule has 174 valence electrons. The molecule has 1 saturated heterocycles. The van der Waals surface area contributed by atoms with Gasteiger partial charge in [0.15, 0.2) is 5.69 Å². The fraction of sp³-hybridized carbons (Fsp3) is 0.391. The van der Waals surface area contributed by atoms with Crippen molar-refractivity contribution in [2.75, 3.05) is 36.4 Å². The Kier molecular flexibility index (Phi) is 5.29. The highest BCUT2D eigenvalue weighted by Crippen LogP contribution is 2.40. The molecule has 0 radical (unpaired) electrons. The maximum absolute atomic E-state index is 13.0. The second-order valence-corrected chi connectivity index (χ2v) is 8.83. The summed E-state index contributed by atoms with van der Waals surface area (Å²) in [5.74, 6) is -0.443. The molecule has 0 saturated carbocycles. The van der Waals surface area contributed by atoms with Crippen molar-refractivity contribution in [1.82, 2.24) is 4.90 Å². The number of hydrogen-bond acceptors (Lipinski definition) is 4. The summed E-state index contributed by atoms with van der Waals surface area (Å²) >= 11 is 0. The monoisotopic (exact) mass is 460 g/mol. The largest absolute Gasteiger partial charge is 0.629 e. The molecule has 0 aromatic heterocycles. The maximum Gasteiger partial charge on any atom is 0.416 e. The van der Waals surface area contributed by atoms with Crippen LogP contribution < -0.4 is 15.3 Å². The number of nitrogens with one attached hydrogen (secondary N) is 2. The Morgan fingerprint density at radius 2 is 1.94 bits per heavy atom. The minimum atomic E-state index is -4.42. The van der Waals surface area contributed by atoms with Gasteiger partial charge in [-0.2, -0.15) is 13.2 Å². The maximum atomic E-state index is 13.0. The Morgan fingerprint density at radius 3 is 2.67 bits per heavy atom. The first-order valence-electron chi connectivity index (χ1n) is 10.9. The molecule has 0 aliphatic carbocycles. The fourth-order valence-electron chi connectivity index (χ4n) is 5.19. The average molecular weight is 460 g/mol. The van der Waals surface area contributed by atoms with Crippen LogP contribution in [-0.4, -0.2) is 48.9 Å². The Balaban J connectivity index is 1.33. The van der Waals surface area contributed by atoms with E-state index < -0.39 is 11.7 Å². The van der Waals surface area contributed by atoms with Crippen molar-refractivity contribution in [2.45, 2.75) is 25.1 Å². The number of likely N-dealkylation sites (tertiary alicyclic amines) is 1. The highest BCUT2D eigenvalue weighted by Gasteiger charge is 2.43. The Morgan fingerprint density at radius 1 is 1.18 bits per heavy atom. The van der Waals surface area contributed by atoms with E-state index in [4.69, 9.17) is 0 Å². The lowest BCUT2D eigenvalue weighted by Crippen LogP contribution is -3.03. The van der Waals surface area contributed by atoms with Crippen LogP contribution in [0, 0.1) is 11.1 Å². The fourth-order valence-corrected chi connectivity index (χ4v) is 5.19. The van der Waals surface area contributed by atoms with Gasteiger partial charge in [0.1, 0.15) is 5.69 Å². The van der Waals surface area contributed by atoms with E-state index in [0.717, 1.165) is 17.8 Å². The molecule has 2 N–H and O–H groups in total. The number of halogens is 3. The van der Waals surface area contributed by atoms with Crippen LogP contribution in [0.2, 0.25) is 0 Å². The third-order valence-electron chi connectivity index (χ3n) is 6.74. The van der Waals surface area contributed by atoms with Gasteiger partial charge in [0, 0.05) is 31.1 Å². The lowest BCUT2D eigenvalue weighted by Gasteiger charge is -2.44. The van der Waals surface area contributed by atoms with Gasteiger partial charge in [-0.15, -0.1) is 0 Å². The van der Waals surface area contributed by atoms with Crippen LogP contribution in [0.3, 0.4) is 0 Å². The minimum absolute atomic E-state index is 0.0000356. The summed E-state index contributed by atoms with van der Waals surface area (Å²) in [5, 5.41) is 15.9. The number of carbonyl (C=O) groups excluding carboxylic acids is 2. The first-order chi connectivity index (χ1) is 15.7. The van der Waals surface area contributed by atoms with Crippen LogP contribution in [0.5, 0.6) is 0 Å². The number of amides is 2. The number of para-hydroxylation sites is 1. The normalized spacial score (nSPS) is 24.5. The minimum Gasteiger partial charge on any atom is -0.629 e. The standard InChI is InChI=1S/C23H23F3N4O3/c24-23(25,26)16-6-4-14(5-7-16)10-21(32)28-9-8-18-15(11-28)12-30(33)19-3-1-2-17-22(19)29(18)13-20(31)27-17/h1-7,15,18,30H,8-13H2,(H,27,31). The molecular weight excluding hydrogens is 437 g/mol. The second-order valence-electron chi connectivity index (χ2n) is 8.83. The van der Waals surface area contributed by atoms with Crippen molar-refractivity contribution in [3.05, 3.63) is 58.8 Å². The van der Waals surface area contributed by atoms with Crippen molar-refractivity contribution < 1.29 is 27.8 Å². The molecule has 1 fully saturated rings.